The van der Waals surface area contributed by atoms with Crippen LogP contribution in [0.4, 0.5) is 0 Å². The van der Waals surface area contributed by atoms with Crippen molar-refractivity contribution in [2.24, 2.45) is 50.2 Å². The van der Waals surface area contributed by atoms with Crippen molar-refractivity contribution in [3.05, 3.63) is 52.3 Å². The van der Waals surface area contributed by atoms with Crippen LogP contribution in [0.15, 0.2) is 46.6 Å². The number of carbonyl (C=O) groups is 2. The number of benzene rings is 1. The summed E-state index contributed by atoms with van der Waals surface area (Å²) >= 11 is 3.53. The molecule has 382 valence electrons. The molecule has 2 aliphatic heterocycles. The smallest absolute Gasteiger partial charge is 0.313 e. The quantitative estimate of drug-likeness (QED) is 0.0960. The fraction of sp³-hybridized carbons (Fsp3) is 0.769. The maximum Gasteiger partial charge on any atom is 0.313 e. The predicted molar refractivity (Wildman–Crippen MR) is 255 cm³/mol. The highest BCUT2D eigenvalue weighted by Crippen LogP contribution is 2.76. The first-order chi connectivity index (χ1) is 32.4. The van der Waals surface area contributed by atoms with Crippen LogP contribution in [0.2, 0.25) is 0 Å². The Balaban J connectivity index is 0.926. The number of ether oxygens (including phenoxy) is 5. The van der Waals surface area contributed by atoms with Gasteiger partial charge in [0, 0.05) is 11.4 Å². The third-order valence-corrected chi connectivity index (χ3v) is 19.7. The van der Waals surface area contributed by atoms with Gasteiger partial charge in [-0.1, -0.05) is 87.3 Å². The van der Waals surface area contributed by atoms with Crippen LogP contribution in [0.3, 0.4) is 0 Å². The second-order valence-electron chi connectivity index (χ2n) is 23.9. The molecule has 17 atom stereocenters. The lowest BCUT2D eigenvalue weighted by atomic mass is 9.33. The Morgan fingerprint density at radius 1 is 0.899 bits per heavy atom. The molecule has 6 N–H and O–H groups in total. The van der Waals surface area contributed by atoms with E-state index in [0.29, 0.717) is 18.0 Å². The molecule has 0 spiro atoms. The highest BCUT2D eigenvalue weighted by Gasteiger charge is 2.70. The standard InChI is InChI=1S/C52H75BrN4O12/c1-28(58)54-39-42(62)41(61)35(27-66-45-43(63)40(60)34(59)26-65-45)68-44(39)69-38-15-16-49(6)36(48(38,4)5)14-17-51(8)37(49)13-12-32-33-23-47(2,3)18-20-52(33,21-19-50(32,51)7)46(64)67-25-30-24-57(56-55-30)31-11-9-10-29(53)22-31/h9-12,22,24,33-45,59-63H,13-21,23,25-27H2,1-8H3,(H,54,58)/t33-,34-,35+,36-,37+,38-,39+,40-,41+,42+,43-,44-,45-,49-,50+,51+,52-/m0/s1. The van der Waals surface area contributed by atoms with Crippen LogP contribution >= 0.6 is 15.9 Å². The van der Waals surface area contributed by atoms with E-state index < -0.39 is 66.6 Å². The third-order valence-electron chi connectivity index (χ3n) is 19.2. The van der Waals surface area contributed by atoms with Gasteiger partial charge in [-0.2, -0.15) is 0 Å². The summed E-state index contributed by atoms with van der Waals surface area (Å²) in [6.45, 7) is 17.6. The molecule has 0 radical (unpaired) electrons. The third kappa shape index (κ3) is 8.77. The maximum absolute atomic E-state index is 14.7. The second-order valence-corrected chi connectivity index (χ2v) is 24.8. The summed E-state index contributed by atoms with van der Waals surface area (Å²) in [5, 5.41) is 64.7. The molecule has 5 aliphatic carbocycles. The van der Waals surface area contributed by atoms with Crippen LogP contribution in [0.5, 0.6) is 0 Å². The van der Waals surface area contributed by atoms with Gasteiger partial charge in [0.2, 0.25) is 5.91 Å². The van der Waals surface area contributed by atoms with E-state index in [9.17, 15) is 35.1 Å². The summed E-state index contributed by atoms with van der Waals surface area (Å²) in [5.74, 6) is 0.166. The topological polar surface area (TPSA) is 224 Å². The van der Waals surface area contributed by atoms with Gasteiger partial charge >= 0.3 is 5.97 Å². The summed E-state index contributed by atoms with van der Waals surface area (Å²) in [7, 11) is 0. The van der Waals surface area contributed by atoms with Gasteiger partial charge in [-0.15, -0.1) is 5.10 Å². The Kier molecular flexibility index (Phi) is 13.8. The van der Waals surface area contributed by atoms with Gasteiger partial charge in [0.25, 0.3) is 0 Å². The maximum atomic E-state index is 14.7. The van der Waals surface area contributed by atoms with Crippen molar-refractivity contribution in [1.29, 1.82) is 0 Å². The van der Waals surface area contributed by atoms with Crippen LogP contribution in [0.1, 0.15) is 125 Å². The number of fused-ring (bicyclic) bond motifs is 7. The molecule has 9 rings (SSSR count). The van der Waals surface area contributed by atoms with Crippen molar-refractivity contribution in [2.75, 3.05) is 13.2 Å². The van der Waals surface area contributed by atoms with E-state index in [4.69, 9.17) is 23.7 Å². The Bertz CT molecular complexity index is 2280. The largest absolute Gasteiger partial charge is 0.459 e. The Hall–Kier alpha value is -2.84. The van der Waals surface area contributed by atoms with Gasteiger partial charge in [0.15, 0.2) is 12.6 Å². The average molecular weight is 1030 g/mol. The summed E-state index contributed by atoms with van der Waals surface area (Å²) in [6.07, 6.45) is 2.06. The van der Waals surface area contributed by atoms with Gasteiger partial charge in [-0.05, 0) is 127 Å². The molecule has 1 aromatic heterocycles. The minimum atomic E-state index is -1.55. The fourth-order valence-electron chi connectivity index (χ4n) is 15.1. The molecule has 69 heavy (non-hydrogen) atoms. The number of amides is 1. The number of hydrogen-bond acceptors (Lipinski definition) is 14. The van der Waals surface area contributed by atoms with Gasteiger partial charge in [0.1, 0.15) is 55.0 Å². The average Bonchev–Trinajstić information content (AvgIpc) is 3.77. The molecule has 17 heteroatoms. The molecule has 0 unspecified atom stereocenters. The van der Waals surface area contributed by atoms with Crippen molar-refractivity contribution < 1.29 is 58.8 Å². The Labute approximate surface area is 414 Å². The minimum absolute atomic E-state index is 0.0328. The van der Waals surface area contributed by atoms with E-state index >= 15 is 0 Å². The molecular weight excluding hydrogens is 952 g/mol. The van der Waals surface area contributed by atoms with Crippen LogP contribution in [-0.4, -0.2) is 127 Å². The van der Waals surface area contributed by atoms with Crippen LogP contribution in [0.25, 0.3) is 5.69 Å². The zero-order valence-electron chi connectivity index (χ0n) is 41.5. The summed E-state index contributed by atoms with van der Waals surface area (Å²) in [5.41, 5.74) is 1.82. The Morgan fingerprint density at radius 3 is 2.39 bits per heavy atom. The number of halogens is 1. The van der Waals surface area contributed by atoms with Gasteiger partial charge < -0.3 is 54.5 Å². The van der Waals surface area contributed by atoms with Crippen molar-refractivity contribution in [1.82, 2.24) is 20.3 Å². The van der Waals surface area contributed by atoms with Crippen molar-refractivity contribution >= 4 is 27.8 Å². The van der Waals surface area contributed by atoms with E-state index in [1.165, 1.54) is 12.5 Å². The zero-order valence-corrected chi connectivity index (χ0v) is 43.1. The molecule has 2 saturated heterocycles. The van der Waals surface area contributed by atoms with Gasteiger partial charge in [-0.25, -0.2) is 4.68 Å². The molecule has 16 nitrogen and oxygen atoms in total. The number of carbonyl (C=O) groups excluding carboxylic acids is 2. The van der Waals surface area contributed by atoms with Crippen LogP contribution in [0, 0.1) is 50.2 Å². The zero-order chi connectivity index (χ0) is 49.6. The molecular formula is C52H75BrN4O12. The first kappa shape index (κ1) is 51.1. The fourth-order valence-corrected chi connectivity index (χ4v) is 15.5. The van der Waals surface area contributed by atoms with Crippen molar-refractivity contribution in [2.45, 2.75) is 188 Å². The van der Waals surface area contributed by atoms with Crippen LogP contribution in [-0.2, 0) is 39.9 Å². The first-order valence-corrected chi connectivity index (χ1v) is 26.0. The summed E-state index contributed by atoms with van der Waals surface area (Å²) < 4.78 is 33.3. The van der Waals surface area contributed by atoms with E-state index in [2.05, 4.69) is 86.1 Å². The lowest BCUT2D eigenvalue weighted by Crippen LogP contribution is -2.67. The highest BCUT2D eigenvalue weighted by molar-refractivity contribution is 9.10. The monoisotopic (exact) mass is 1030 g/mol. The van der Waals surface area contributed by atoms with Crippen molar-refractivity contribution in [3.8, 4) is 5.69 Å². The normalized spacial score (nSPS) is 43.5. The number of nitrogens with one attached hydrogen (secondary N) is 1. The SMILES string of the molecule is CC(=O)N[C@H]1[C@H](O[C@H]2CC[C@]3(C)[C@H]4CC=C5[C@@H]6CC(C)(C)CC[C@]6(C(=O)OCc6cn(-c7cccc(Br)c7)nn6)CC[C@@]5(C)[C@]4(C)CC[C@H]3C2(C)C)O[C@H](CO[C@@H]2OC[C@H](O)[C@H](O)[C@@H]2O)[C@@H](O)[C@@H]1O. The van der Waals surface area contributed by atoms with E-state index in [-0.39, 0.29) is 70.8 Å². The highest BCUT2D eigenvalue weighted by atomic mass is 79.9. The van der Waals surface area contributed by atoms with Crippen molar-refractivity contribution in [3.63, 3.8) is 0 Å². The van der Waals surface area contributed by atoms with Crippen LogP contribution < -0.4 is 5.32 Å². The number of hydrogen-bond donors (Lipinski definition) is 6. The first-order valence-electron chi connectivity index (χ1n) is 25.2. The summed E-state index contributed by atoms with van der Waals surface area (Å²) in [6, 6.07) is 6.74. The molecule has 2 aromatic rings. The lowest BCUT2D eigenvalue weighted by molar-refractivity contribution is -0.322. The number of aromatic nitrogens is 3. The van der Waals surface area contributed by atoms with E-state index in [0.717, 1.165) is 67.9 Å². The second kappa shape index (κ2) is 18.6. The molecule has 0 bridgehead atoms. The molecule has 7 aliphatic rings. The molecule has 1 aromatic carbocycles. The number of aliphatic hydroxyl groups excluding tert-OH is 5. The lowest BCUT2D eigenvalue weighted by Gasteiger charge is -2.71. The number of esters is 1. The predicted octanol–water partition coefficient (Wildman–Crippen LogP) is 5.67. The number of allylic oxidation sites excluding steroid dienone is 2. The number of nitrogens with zero attached hydrogens (tertiary/aromatic N) is 3. The Morgan fingerprint density at radius 2 is 1.65 bits per heavy atom. The molecule has 3 heterocycles. The number of aliphatic hydroxyl groups is 5. The number of rotatable bonds is 10. The summed E-state index contributed by atoms with van der Waals surface area (Å²) in [4.78, 5) is 27.2. The van der Waals surface area contributed by atoms with Gasteiger partial charge in [-0.3, -0.25) is 9.59 Å². The molecule has 1 amide bonds. The van der Waals surface area contributed by atoms with E-state index in [1.54, 1.807) is 4.68 Å². The molecule has 6 fully saturated rings. The van der Waals surface area contributed by atoms with E-state index in [1.807, 2.05) is 30.5 Å². The minimum Gasteiger partial charge on any atom is -0.459 e. The van der Waals surface area contributed by atoms with Gasteiger partial charge in [0.05, 0.1) is 36.6 Å². The molecule has 4 saturated carbocycles.